The summed E-state index contributed by atoms with van der Waals surface area (Å²) in [6.45, 7) is 0. The van der Waals surface area contributed by atoms with Gasteiger partial charge in [-0.1, -0.05) is 0 Å². The van der Waals surface area contributed by atoms with Crippen molar-refractivity contribution in [2.75, 3.05) is 0 Å². The Labute approximate surface area is 91.9 Å². The average Bonchev–Trinajstić information content (AvgIpc) is 2.07. The fourth-order valence-corrected chi connectivity index (χ4v) is 1.57. The fourth-order valence-electron chi connectivity index (χ4n) is 0.960. The van der Waals surface area contributed by atoms with Crippen LogP contribution in [-0.4, -0.2) is 4.98 Å². The SMILES string of the molecule is N#CCc1c(I)ccnc1C(F)(F)F. The standard InChI is InChI=1S/C8H4F3IN2/c9-8(10,11)7-5(1-3-13)6(12)2-4-14-7/h2,4H,1H2. The first-order valence-electron chi connectivity index (χ1n) is 3.54. The Morgan fingerprint density at radius 3 is 2.64 bits per heavy atom. The molecule has 0 aromatic carbocycles. The molecule has 0 unspecified atom stereocenters. The second-order valence-electron chi connectivity index (χ2n) is 2.45. The van der Waals surface area contributed by atoms with E-state index in [2.05, 4.69) is 4.98 Å². The number of hydrogen-bond donors (Lipinski definition) is 0. The molecule has 0 fully saturated rings. The van der Waals surface area contributed by atoms with Crippen molar-refractivity contribution in [2.45, 2.75) is 12.6 Å². The Balaban J connectivity index is 3.30. The predicted octanol–water partition coefficient (Wildman–Crippen LogP) is 2.77. The van der Waals surface area contributed by atoms with E-state index in [4.69, 9.17) is 5.26 Å². The molecule has 14 heavy (non-hydrogen) atoms. The minimum atomic E-state index is -4.49. The van der Waals surface area contributed by atoms with Gasteiger partial charge >= 0.3 is 6.18 Å². The molecule has 74 valence electrons. The zero-order valence-electron chi connectivity index (χ0n) is 6.77. The Kier molecular flexibility index (Phi) is 3.31. The van der Waals surface area contributed by atoms with E-state index in [1.807, 2.05) is 0 Å². The second-order valence-corrected chi connectivity index (χ2v) is 3.61. The van der Waals surface area contributed by atoms with Crippen molar-refractivity contribution >= 4 is 22.6 Å². The fraction of sp³-hybridized carbons (Fsp3) is 0.250. The Morgan fingerprint density at radius 2 is 2.14 bits per heavy atom. The van der Waals surface area contributed by atoms with Gasteiger partial charge in [-0.15, -0.1) is 0 Å². The van der Waals surface area contributed by atoms with Gasteiger partial charge in [0.2, 0.25) is 0 Å². The minimum absolute atomic E-state index is 0.0527. The van der Waals surface area contributed by atoms with Gasteiger partial charge in [0.1, 0.15) is 5.69 Å². The lowest BCUT2D eigenvalue weighted by atomic mass is 10.1. The Bertz CT molecular complexity index is 381. The molecule has 1 heterocycles. The maximum absolute atomic E-state index is 12.4. The van der Waals surface area contributed by atoms with Crippen LogP contribution in [0.2, 0.25) is 0 Å². The summed E-state index contributed by atoms with van der Waals surface area (Å²) in [6, 6.07) is 3.14. The number of nitrogens with zero attached hydrogens (tertiary/aromatic N) is 2. The number of hydrogen-bond acceptors (Lipinski definition) is 2. The van der Waals surface area contributed by atoms with E-state index < -0.39 is 11.9 Å². The zero-order valence-corrected chi connectivity index (χ0v) is 8.93. The number of nitriles is 1. The monoisotopic (exact) mass is 312 g/mol. The third-order valence-electron chi connectivity index (χ3n) is 1.52. The number of rotatable bonds is 1. The van der Waals surface area contributed by atoms with Crippen LogP contribution < -0.4 is 0 Å². The van der Waals surface area contributed by atoms with E-state index in [0.717, 1.165) is 6.20 Å². The Hall–Kier alpha value is -0.840. The van der Waals surface area contributed by atoms with Crippen LogP contribution in [0.5, 0.6) is 0 Å². The summed E-state index contributed by atoms with van der Waals surface area (Å²) >= 11 is 1.76. The first kappa shape index (κ1) is 11.2. The van der Waals surface area contributed by atoms with E-state index in [0.29, 0.717) is 3.57 Å². The third-order valence-corrected chi connectivity index (χ3v) is 2.53. The van der Waals surface area contributed by atoms with Crippen LogP contribution in [0, 0.1) is 14.9 Å². The molecule has 0 saturated carbocycles. The summed E-state index contributed by atoms with van der Waals surface area (Å²) in [6.07, 6.45) is -3.68. The molecular weight excluding hydrogens is 308 g/mol. The molecule has 0 aliphatic carbocycles. The van der Waals surface area contributed by atoms with Crippen molar-refractivity contribution in [1.29, 1.82) is 5.26 Å². The highest BCUT2D eigenvalue weighted by molar-refractivity contribution is 14.1. The van der Waals surface area contributed by atoms with Gasteiger partial charge in [-0.25, -0.2) is 0 Å². The lowest BCUT2D eigenvalue weighted by Gasteiger charge is -2.10. The lowest BCUT2D eigenvalue weighted by Crippen LogP contribution is -2.12. The molecular formula is C8H4F3IN2. The van der Waals surface area contributed by atoms with Gasteiger partial charge < -0.3 is 0 Å². The highest BCUT2D eigenvalue weighted by atomic mass is 127. The van der Waals surface area contributed by atoms with Crippen molar-refractivity contribution in [3.8, 4) is 6.07 Å². The van der Waals surface area contributed by atoms with Crippen LogP contribution in [0.15, 0.2) is 12.3 Å². The molecule has 0 radical (unpaired) electrons. The van der Waals surface area contributed by atoms with Gasteiger partial charge in [0.05, 0.1) is 12.5 Å². The largest absolute Gasteiger partial charge is 0.433 e. The van der Waals surface area contributed by atoms with Crippen LogP contribution in [0.25, 0.3) is 0 Å². The van der Waals surface area contributed by atoms with Crippen molar-refractivity contribution in [3.05, 3.63) is 27.1 Å². The van der Waals surface area contributed by atoms with Crippen LogP contribution in [-0.2, 0) is 12.6 Å². The van der Waals surface area contributed by atoms with Gasteiger partial charge in [0.25, 0.3) is 0 Å². The lowest BCUT2D eigenvalue weighted by molar-refractivity contribution is -0.141. The molecule has 1 rings (SSSR count). The molecule has 0 bridgehead atoms. The zero-order chi connectivity index (χ0) is 10.8. The number of alkyl halides is 3. The first-order valence-corrected chi connectivity index (χ1v) is 4.62. The number of aromatic nitrogens is 1. The summed E-state index contributed by atoms with van der Waals surface area (Å²) in [7, 11) is 0. The highest BCUT2D eigenvalue weighted by Gasteiger charge is 2.35. The second kappa shape index (κ2) is 4.13. The van der Waals surface area contributed by atoms with Gasteiger partial charge in [-0.05, 0) is 28.7 Å². The number of halogens is 4. The van der Waals surface area contributed by atoms with E-state index in [-0.39, 0.29) is 12.0 Å². The molecule has 6 heteroatoms. The summed E-state index contributed by atoms with van der Waals surface area (Å²) in [5.74, 6) is 0. The van der Waals surface area contributed by atoms with Gasteiger partial charge in [0, 0.05) is 15.3 Å². The van der Waals surface area contributed by atoms with Crippen LogP contribution >= 0.6 is 22.6 Å². The van der Waals surface area contributed by atoms with Crippen molar-refractivity contribution in [2.24, 2.45) is 0 Å². The van der Waals surface area contributed by atoms with Crippen LogP contribution in [0.3, 0.4) is 0 Å². The summed E-state index contributed by atoms with van der Waals surface area (Å²) in [5.41, 5.74) is -1.02. The molecule has 0 saturated heterocycles. The summed E-state index contributed by atoms with van der Waals surface area (Å²) in [4.78, 5) is 3.25. The normalized spacial score (nSPS) is 11.1. The smallest absolute Gasteiger partial charge is 0.251 e. The van der Waals surface area contributed by atoms with Crippen LogP contribution in [0.1, 0.15) is 11.3 Å². The highest BCUT2D eigenvalue weighted by Crippen LogP contribution is 2.32. The number of pyridine rings is 1. The maximum Gasteiger partial charge on any atom is 0.433 e. The molecule has 0 aliphatic heterocycles. The maximum atomic E-state index is 12.4. The van der Waals surface area contributed by atoms with Gasteiger partial charge in [0.15, 0.2) is 0 Å². The molecule has 0 aliphatic rings. The van der Waals surface area contributed by atoms with Crippen LogP contribution in [0.4, 0.5) is 13.2 Å². The van der Waals surface area contributed by atoms with E-state index in [1.165, 1.54) is 6.07 Å². The molecule has 0 N–H and O–H groups in total. The van der Waals surface area contributed by atoms with E-state index >= 15 is 0 Å². The topological polar surface area (TPSA) is 36.7 Å². The van der Waals surface area contributed by atoms with Crippen molar-refractivity contribution in [1.82, 2.24) is 4.98 Å². The quantitative estimate of drug-likeness (QED) is 0.748. The summed E-state index contributed by atoms with van der Waals surface area (Å²) < 4.78 is 37.5. The minimum Gasteiger partial charge on any atom is -0.251 e. The molecule has 0 atom stereocenters. The molecule has 1 aromatic heterocycles. The predicted molar refractivity (Wildman–Crippen MR) is 51.3 cm³/mol. The first-order chi connectivity index (χ1) is 6.46. The molecule has 1 aromatic rings. The molecule has 0 spiro atoms. The van der Waals surface area contributed by atoms with Gasteiger partial charge in [-0.3, -0.25) is 4.98 Å². The van der Waals surface area contributed by atoms with Crippen molar-refractivity contribution < 1.29 is 13.2 Å². The van der Waals surface area contributed by atoms with Gasteiger partial charge in [-0.2, -0.15) is 18.4 Å². The molecule has 0 amide bonds. The third kappa shape index (κ3) is 2.35. The van der Waals surface area contributed by atoms with Crippen molar-refractivity contribution in [3.63, 3.8) is 0 Å². The Morgan fingerprint density at radius 1 is 1.50 bits per heavy atom. The summed E-state index contributed by atoms with van der Waals surface area (Å²) in [5, 5.41) is 8.39. The van der Waals surface area contributed by atoms with E-state index in [9.17, 15) is 13.2 Å². The molecule has 2 nitrogen and oxygen atoms in total. The average molecular weight is 312 g/mol. The van der Waals surface area contributed by atoms with E-state index in [1.54, 1.807) is 28.7 Å².